The number of aryl methyl sites for hydroxylation is 1. The van der Waals surface area contributed by atoms with Gasteiger partial charge >= 0.3 is 0 Å². The molecule has 0 aliphatic carbocycles. The first-order chi connectivity index (χ1) is 12.3. The van der Waals surface area contributed by atoms with Crippen LogP contribution in [-0.4, -0.2) is 47.8 Å². The fraction of sp³-hybridized carbons (Fsp3) is 0.444. The van der Waals surface area contributed by atoms with Crippen LogP contribution in [0.2, 0.25) is 0 Å². The van der Waals surface area contributed by atoms with E-state index < -0.39 is 4.92 Å². The average molecular weight is 360 g/mol. The number of nitrogens with one attached hydrogen (secondary N) is 2. The van der Waals surface area contributed by atoms with E-state index >= 15 is 0 Å². The van der Waals surface area contributed by atoms with Crippen molar-refractivity contribution < 1.29 is 14.6 Å². The van der Waals surface area contributed by atoms with Gasteiger partial charge in [0.05, 0.1) is 54.7 Å². The lowest BCUT2D eigenvalue weighted by atomic mass is 10.1. The van der Waals surface area contributed by atoms with Crippen LogP contribution in [0.5, 0.6) is 0 Å². The van der Waals surface area contributed by atoms with Crippen molar-refractivity contribution in [2.75, 3.05) is 27.2 Å². The van der Waals surface area contributed by atoms with Crippen molar-refractivity contribution >= 4 is 11.6 Å². The second-order valence-corrected chi connectivity index (χ2v) is 6.56. The number of amides is 1. The molecule has 2 N–H and O–H groups in total. The standard InChI is InChI=1S/C18H25N5O3/c1-5-6-16-17(18(24)19-11-12-21(3)4)13(2)22(20-16)14-7-9-15(10-8-14)23(25)26/h7-10H,5-6,11-12H2,1-4H3,(H,19,24)/p+1. The molecule has 8 nitrogen and oxygen atoms in total. The first-order valence-corrected chi connectivity index (χ1v) is 8.75. The Morgan fingerprint density at radius 2 is 1.96 bits per heavy atom. The summed E-state index contributed by atoms with van der Waals surface area (Å²) in [5.41, 5.74) is 2.80. The molecule has 0 spiro atoms. The molecule has 140 valence electrons. The van der Waals surface area contributed by atoms with E-state index in [2.05, 4.69) is 10.4 Å². The van der Waals surface area contributed by atoms with Gasteiger partial charge in [0.2, 0.25) is 0 Å². The molecule has 1 heterocycles. The van der Waals surface area contributed by atoms with Crippen LogP contribution in [0.1, 0.15) is 35.1 Å². The van der Waals surface area contributed by atoms with Gasteiger partial charge in [-0.15, -0.1) is 0 Å². The Bertz CT molecular complexity index is 781. The topological polar surface area (TPSA) is 94.5 Å². The zero-order valence-electron chi connectivity index (χ0n) is 15.7. The second-order valence-electron chi connectivity index (χ2n) is 6.56. The minimum Gasteiger partial charge on any atom is -0.346 e. The van der Waals surface area contributed by atoms with Gasteiger partial charge in [-0.05, 0) is 25.5 Å². The molecule has 1 amide bonds. The molecule has 8 heteroatoms. The molecule has 0 fully saturated rings. The van der Waals surface area contributed by atoms with Crippen LogP contribution in [0.25, 0.3) is 5.69 Å². The van der Waals surface area contributed by atoms with Gasteiger partial charge in [0.1, 0.15) is 0 Å². The fourth-order valence-electron chi connectivity index (χ4n) is 2.75. The first-order valence-electron chi connectivity index (χ1n) is 8.75. The number of nitro benzene ring substituents is 1. The predicted molar refractivity (Wildman–Crippen MR) is 99.0 cm³/mol. The smallest absolute Gasteiger partial charge is 0.269 e. The van der Waals surface area contributed by atoms with Gasteiger partial charge in [-0.25, -0.2) is 4.68 Å². The SMILES string of the molecule is CCCc1nn(-c2ccc([N+](=O)[O-])cc2)c(C)c1C(=O)NCC[NH+](C)C. The Balaban J connectivity index is 2.34. The van der Waals surface area contributed by atoms with Crippen molar-refractivity contribution in [1.82, 2.24) is 15.1 Å². The summed E-state index contributed by atoms with van der Waals surface area (Å²) in [6.07, 6.45) is 1.57. The number of aromatic nitrogens is 2. The summed E-state index contributed by atoms with van der Waals surface area (Å²) in [5.74, 6) is -0.125. The highest BCUT2D eigenvalue weighted by Crippen LogP contribution is 2.21. The van der Waals surface area contributed by atoms with Gasteiger partial charge < -0.3 is 10.2 Å². The highest BCUT2D eigenvalue weighted by Gasteiger charge is 2.21. The minimum absolute atomic E-state index is 0.0245. The van der Waals surface area contributed by atoms with Crippen molar-refractivity contribution in [3.05, 3.63) is 51.3 Å². The van der Waals surface area contributed by atoms with Gasteiger partial charge in [0.15, 0.2) is 0 Å². The van der Waals surface area contributed by atoms with Gasteiger partial charge in [-0.3, -0.25) is 14.9 Å². The van der Waals surface area contributed by atoms with E-state index in [-0.39, 0.29) is 11.6 Å². The third kappa shape index (κ3) is 4.45. The summed E-state index contributed by atoms with van der Waals surface area (Å²) in [6.45, 7) is 5.32. The molecular formula is C18H26N5O3+. The molecule has 0 unspecified atom stereocenters. The van der Waals surface area contributed by atoms with E-state index in [1.807, 2.05) is 27.9 Å². The van der Waals surface area contributed by atoms with E-state index in [0.717, 1.165) is 24.4 Å². The molecule has 1 aromatic heterocycles. The van der Waals surface area contributed by atoms with Crippen LogP contribution in [0.15, 0.2) is 24.3 Å². The fourth-order valence-corrected chi connectivity index (χ4v) is 2.75. The number of nitro groups is 1. The van der Waals surface area contributed by atoms with Crippen LogP contribution in [0, 0.1) is 17.0 Å². The number of quaternary nitrogens is 1. The van der Waals surface area contributed by atoms with Crippen LogP contribution in [0.3, 0.4) is 0 Å². The molecule has 0 bridgehead atoms. The monoisotopic (exact) mass is 360 g/mol. The van der Waals surface area contributed by atoms with E-state index in [4.69, 9.17) is 0 Å². The van der Waals surface area contributed by atoms with Crippen LogP contribution < -0.4 is 10.2 Å². The molecular weight excluding hydrogens is 334 g/mol. The van der Waals surface area contributed by atoms with E-state index in [9.17, 15) is 14.9 Å². The molecule has 0 radical (unpaired) electrons. The van der Waals surface area contributed by atoms with E-state index in [1.54, 1.807) is 16.8 Å². The number of likely N-dealkylation sites (N-methyl/N-ethyl adjacent to an activating group) is 1. The number of rotatable bonds is 8. The Labute approximate surface area is 153 Å². The van der Waals surface area contributed by atoms with Crippen LogP contribution in [0.4, 0.5) is 5.69 Å². The number of carbonyl (C=O) groups is 1. The quantitative estimate of drug-likeness (QED) is 0.540. The summed E-state index contributed by atoms with van der Waals surface area (Å²) in [7, 11) is 4.07. The second kappa shape index (κ2) is 8.57. The molecule has 0 atom stereocenters. The summed E-state index contributed by atoms with van der Waals surface area (Å²) >= 11 is 0. The lowest BCUT2D eigenvalue weighted by Crippen LogP contribution is -3.06. The van der Waals surface area contributed by atoms with E-state index in [0.29, 0.717) is 24.2 Å². The molecule has 0 saturated heterocycles. The molecule has 1 aromatic carbocycles. The summed E-state index contributed by atoms with van der Waals surface area (Å²) in [4.78, 5) is 24.3. The first kappa shape index (κ1) is 19.6. The van der Waals surface area contributed by atoms with Crippen molar-refractivity contribution in [1.29, 1.82) is 0 Å². The van der Waals surface area contributed by atoms with Crippen molar-refractivity contribution in [2.24, 2.45) is 0 Å². The molecule has 0 aliphatic rings. The highest BCUT2D eigenvalue weighted by atomic mass is 16.6. The number of benzene rings is 1. The zero-order chi connectivity index (χ0) is 19.3. The minimum atomic E-state index is -0.437. The number of carbonyl (C=O) groups excluding carboxylic acids is 1. The maximum atomic E-state index is 12.7. The van der Waals surface area contributed by atoms with Gasteiger partial charge in [-0.1, -0.05) is 13.3 Å². The zero-order valence-corrected chi connectivity index (χ0v) is 15.7. The summed E-state index contributed by atoms with van der Waals surface area (Å²) in [6, 6.07) is 6.17. The van der Waals surface area contributed by atoms with Crippen molar-refractivity contribution in [3.8, 4) is 5.69 Å². The number of hydrogen-bond donors (Lipinski definition) is 2. The molecule has 2 aromatic rings. The molecule has 0 saturated carbocycles. The lowest BCUT2D eigenvalue weighted by Gasteiger charge is -2.09. The van der Waals surface area contributed by atoms with Crippen LogP contribution in [-0.2, 0) is 6.42 Å². The predicted octanol–water partition coefficient (Wildman–Crippen LogP) is 0.916. The number of non-ortho nitro benzene ring substituents is 1. The number of nitrogens with zero attached hydrogens (tertiary/aromatic N) is 3. The van der Waals surface area contributed by atoms with Crippen molar-refractivity contribution in [2.45, 2.75) is 26.7 Å². The van der Waals surface area contributed by atoms with Gasteiger partial charge in [0, 0.05) is 12.1 Å². The Hall–Kier alpha value is -2.74. The Morgan fingerprint density at radius 3 is 2.50 bits per heavy atom. The van der Waals surface area contributed by atoms with Crippen LogP contribution >= 0.6 is 0 Å². The normalized spacial score (nSPS) is 11.0. The third-order valence-electron chi connectivity index (χ3n) is 4.12. The Morgan fingerprint density at radius 1 is 1.31 bits per heavy atom. The molecule has 26 heavy (non-hydrogen) atoms. The Kier molecular flexibility index (Phi) is 6.46. The summed E-state index contributed by atoms with van der Waals surface area (Å²) < 4.78 is 1.68. The molecule has 0 aliphatic heterocycles. The average Bonchev–Trinajstić information content (AvgIpc) is 2.91. The van der Waals surface area contributed by atoms with Gasteiger partial charge in [0.25, 0.3) is 11.6 Å². The molecule has 2 rings (SSSR count). The maximum absolute atomic E-state index is 12.7. The van der Waals surface area contributed by atoms with Crippen molar-refractivity contribution in [3.63, 3.8) is 0 Å². The highest BCUT2D eigenvalue weighted by molar-refractivity contribution is 5.96. The summed E-state index contributed by atoms with van der Waals surface area (Å²) in [5, 5.41) is 18.4. The number of hydrogen-bond acceptors (Lipinski definition) is 4. The van der Waals surface area contributed by atoms with Gasteiger partial charge in [-0.2, -0.15) is 5.10 Å². The largest absolute Gasteiger partial charge is 0.346 e. The maximum Gasteiger partial charge on any atom is 0.269 e. The lowest BCUT2D eigenvalue weighted by molar-refractivity contribution is -0.856. The third-order valence-corrected chi connectivity index (χ3v) is 4.12. The van der Waals surface area contributed by atoms with E-state index in [1.165, 1.54) is 17.0 Å².